The Kier molecular flexibility index (Phi) is 4.88. The fraction of sp³-hybridized carbons (Fsp3) is 0.312. The molecule has 2 nitrogen and oxygen atoms in total. The van der Waals surface area contributed by atoms with Crippen molar-refractivity contribution in [2.75, 3.05) is 0 Å². The lowest BCUT2D eigenvalue weighted by molar-refractivity contribution is -0.117. The molecule has 2 rings (SSSR count). The summed E-state index contributed by atoms with van der Waals surface area (Å²) in [7, 11) is 0. The highest BCUT2D eigenvalue weighted by Crippen LogP contribution is 2.18. The molecule has 0 aliphatic carbocycles. The molecule has 0 bridgehead atoms. The maximum absolute atomic E-state index is 12.1. The smallest absolute Gasteiger partial charge is 0.142 e. The van der Waals surface area contributed by atoms with E-state index in [1.165, 1.54) is 4.88 Å². The molecule has 0 aliphatic rings. The molecule has 1 aromatic heterocycles. The van der Waals surface area contributed by atoms with E-state index in [4.69, 9.17) is 5.73 Å². The van der Waals surface area contributed by atoms with Crippen LogP contribution in [0.1, 0.15) is 27.8 Å². The lowest BCUT2D eigenvalue weighted by Gasteiger charge is -2.06. The van der Waals surface area contributed by atoms with Crippen molar-refractivity contribution in [3.05, 3.63) is 57.3 Å². The zero-order chi connectivity index (χ0) is 13.7. The monoisotopic (exact) mass is 273 g/mol. The van der Waals surface area contributed by atoms with Crippen molar-refractivity contribution in [2.45, 2.75) is 32.7 Å². The fourth-order valence-electron chi connectivity index (χ4n) is 2.11. The Balaban J connectivity index is 2.01. The third-order valence-corrected chi connectivity index (χ3v) is 4.39. The first-order chi connectivity index (χ1) is 9.22. The molecule has 0 aliphatic heterocycles. The lowest BCUT2D eigenvalue weighted by atomic mass is 10.0. The Morgan fingerprint density at radius 1 is 1.05 bits per heavy atom. The van der Waals surface area contributed by atoms with Crippen LogP contribution in [0.5, 0.6) is 0 Å². The van der Waals surface area contributed by atoms with E-state index in [9.17, 15) is 4.79 Å². The number of carbonyl (C=O) groups is 1. The third kappa shape index (κ3) is 3.75. The average Bonchev–Trinajstić information content (AvgIpc) is 2.87. The quantitative estimate of drug-likeness (QED) is 0.878. The topological polar surface area (TPSA) is 43.1 Å². The SMILES string of the molecule is CCc1ccc(CC(=O)Cc2ccccc2CN)s1. The van der Waals surface area contributed by atoms with E-state index < -0.39 is 0 Å². The van der Waals surface area contributed by atoms with Gasteiger partial charge in [0, 0.05) is 29.1 Å². The van der Waals surface area contributed by atoms with Crippen LogP contribution in [-0.2, 0) is 30.6 Å². The summed E-state index contributed by atoms with van der Waals surface area (Å²) in [5.41, 5.74) is 7.81. The molecule has 0 spiro atoms. The van der Waals surface area contributed by atoms with Gasteiger partial charge in [0.25, 0.3) is 0 Å². The van der Waals surface area contributed by atoms with Crippen LogP contribution in [0.25, 0.3) is 0 Å². The molecule has 100 valence electrons. The first-order valence-corrected chi connectivity index (χ1v) is 7.40. The van der Waals surface area contributed by atoms with E-state index in [0.717, 1.165) is 22.4 Å². The number of thiophene rings is 1. The minimum atomic E-state index is 0.255. The highest BCUT2D eigenvalue weighted by molar-refractivity contribution is 7.12. The molecule has 0 fully saturated rings. The summed E-state index contributed by atoms with van der Waals surface area (Å²) in [6.07, 6.45) is 2.05. The number of nitrogens with two attached hydrogens (primary N) is 1. The molecular formula is C16H19NOS. The van der Waals surface area contributed by atoms with Gasteiger partial charge >= 0.3 is 0 Å². The van der Waals surface area contributed by atoms with Crippen LogP contribution in [0.4, 0.5) is 0 Å². The number of rotatable bonds is 6. The molecule has 0 saturated carbocycles. The number of hydrogen-bond acceptors (Lipinski definition) is 3. The molecule has 2 N–H and O–H groups in total. The number of Topliss-reactive ketones (excluding diaryl/α,β-unsaturated/α-hetero) is 1. The molecule has 0 atom stereocenters. The number of carbonyl (C=O) groups excluding carboxylic acids is 1. The minimum Gasteiger partial charge on any atom is -0.326 e. The summed E-state index contributed by atoms with van der Waals surface area (Å²) in [5.74, 6) is 0.255. The Labute approximate surface area is 118 Å². The predicted octanol–water partition coefficient (Wildman–Crippen LogP) is 3.12. The van der Waals surface area contributed by atoms with Crippen LogP contribution in [-0.4, -0.2) is 5.78 Å². The van der Waals surface area contributed by atoms with Gasteiger partial charge in [0.2, 0.25) is 0 Å². The van der Waals surface area contributed by atoms with Crippen LogP contribution >= 0.6 is 11.3 Å². The maximum atomic E-state index is 12.1. The molecular weight excluding hydrogens is 254 g/mol. The second-order valence-electron chi connectivity index (χ2n) is 4.59. The average molecular weight is 273 g/mol. The van der Waals surface area contributed by atoms with Crippen LogP contribution < -0.4 is 5.73 Å². The van der Waals surface area contributed by atoms with Crippen molar-refractivity contribution < 1.29 is 4.79 Å². The number of aryl methyl sites for hydroxylation is 1. The molecule has 0 amide bonds. The summed E-state index contributed by atoms with van der Waals surface area (Å²) < 4.78 is 0. The second-order valence-corrected chi connectivity index (χ2v) is 5.84. The van der Waals surface area contributed by atoms with Gasteiger partial charge in [0.05, 0.1) is 0 Å². The third-order valence-electron chi connectivity index (χ3n) is 3.16. The summed E-state index contributed by atoms with van der Waals surface area (Å²) in [6.45, 7) is 2.62. The van der Waals surface area contributed by atoms with E-state index in [-0.39, 0.29) is 5.78 Å². The summed E-state index contributed by atoms with van der Waals surface area (Å²) in [4.78, 5) is 14.6. The molecule has 19 heavy (non-hydrogen) atoms. The number of benzene rings is 1. The normalized spacial score (nSPS) is 10.6. The molecule has 0 radical (unpaired) electrons. The van der Waals surface area contributed by atoms with Gasteiger partial charge in [-0.15, -0.1) is 11.3 Å². The van der Waals surface area contributed by atoms with Gasteiger partial charge in [-0.2, -0.15) is 0 Å². The first-order valence-electron chi connectivity index (χ1n) is 6.59. The van der Waals surface area contributed by atoms with E-state index in [0.29, 0.717) is 19.4 Å². The number of hydrogen-bond donors (Lipinski definition) is 1. The highest BCUT2D eigenvalue weighted by Gasteiger charge is 2.09. The molecule has 0 saturated heterocycles. The summed E-state index contributed by atoms with van der Waals surface area (Å²) in [5, 5.41) is 0. The Hall–Kier alpha value is -1.45. The zero-order valence-corrected chi connectivity index (χ0v) is 12.0. The van der Waals surface area contributed by atoms with E-state index in [2.05, 4.69) is 19.1 Å². The Bertz CT molecular complexity index is 559. The van der Waals surface area contributed by atoms with Gasteiger partial charge in [-0.1, -0.05) is 31.2 Å². The van der Waals surface area contributed by atoms with E-state index in [1.807, 2.05) is 24.3 Å². The zero-order valence-electron chi connectivity index (χ0n) is 11.2. The first kappa shape index (κ1) is 14.0. The highest BCUT2D eigenvalue weighted by atomic mass is 32.1. The van der Waals surface area contributed by atoms with Gasteiger partial charge in [-0.3, -0.25) is 4.79 Å². The predicted molar refractivity (Wildman–Crippen MR) is 80.4 cm³/mol. The van der Waals surface area contributed by atoms with Crippen molar-refractivity contribution >= 4 is 17.1 Å². The Morgan fingerprint density at radius 3 is 2.37 bits per heavy atom. The van der Waals surface area contributed by atoms with Crippen molar-refractivity contribution in [3.8, 4) is 0 Å². The van der Waals surface area contributed by atoms with Crippen LogP contribution in [0.3, 0.4) is 0 Å². The van der Waals surface area contributed by atoms with E-state index in [1.54, 1.807) is 11.3 Å². The van der Waals surface area contributed by atoms with Gasteiger partial charge in [0.1, 0.15) is 5.78 Å². The number of ketones is 1. The van der Waals surface area contributed by atoms with Gasteiger partial charge < -0.3 is 5.73 Å². The van der Waals surface area contributed by atoms with Gasteiger partial charge in [-0.05, 0) is 29.7 Å². The Morgan fingerprint density at radius 2 is 1.74 bits per heavy atom. The van der Waals surface area contributed by atoms with Crippen molar-refractivity contribution in [2.24, 2.45) is 5.73 Å². The standard InChI is InChI=1S/C16H19NOS/c1-2-15-7-8-16(19-15)10-14(18)9-12-5-3-4-6-13(12)11-17/h3-8H,2,9-11,17H2,1H3. The molecule has 0 unspecified atom stereocenters. The maximum Gasteiger partial charge on any atom is 0.142 e. The molecule has 3 heteroatoms. The summed E-state index contributed by atoms with van der Waals surface area (Å²) >= 11 is 1.74. The van der Waals surface area contributed by atoms with Crippen molar-refractivity contribution in [3.63, 3.8) is 0 Å². The molecule has 2 aromatic rings. The lowest BCUT2D eigenvalue weighted by Crippen LogP contribution is -2.09. The molecule has 1 aromatic carbocycles. The van der Waals surface area contributed by atoms with Gasteiger partial charge in [-0.25, -0.2) is 0 Å². The molecule has 1 heterocycles. The van der Waals surface area contributed by atoms with E-state index >= 15 is 0 Å². The van der Waals surface area contributed by atoms with Crippen LogP contribution in [0.15, 0.2) is 36.4 Å². The fourth-order valence-corrected chi connectivity index (χ4v) is 3.09. The minimum absolute atomic E-state index is 0.255. The van der Waals surface area contributed by atoms with Crippen LogP contribution in [0, 0.1) is 0 Å². The second kappa shape index (κ2) is 6.64. The van der Waals surface area contributed by atoms with Gasteiger partial charge in [0.15, 0.2) is 0 Å². The largest absolute Gasteiger partial charge is 0.326 e. The van der Waals surface area contributed by atoms with Crippen molar-refractivity contribution in [1.82, 2.24) is 0 Å². The van der Waals surface area contributed by atoms with Crippen LogP contribution in [0.2, 0.25) is 0 Å². The van der Waals surface area contributed by atoms with Crippen molar-refractivity contribution in [1.29, 1.82) is 0 Å². The summed E-state index contributed by atoms with van der Waals surface area (Å²) in [6, 6.07) is 12.1.